The van der Waals surface area contributed by atoms with Crippen LogP contribution in [0.15, 0.2) is 35.0 Å². The number of aliphatic hydroxyl groups excluding tert-OH is 1. The Hall–Kier alpha value is -0.940. The molecule has 0 aromatic carbocycles. The van der Waals surface area contributed by atoms with Crippen LogP contribution in [-0.2, 0) is 6.42 Å². The maximum atomic E-state index is 8.90. The van der Waals surface area contributed by atoms with Crippen molar-refractivity contribution in [1.82, 2.24) is 4.98 Å². The van der Waals surface area contributed by atoms with Crippen LogP contribution in [0, 0.1) is 0 Å². The van der Waals surface area contributed by atoms with Crippen molar-refractivity contribution in [2.24, 2.45) is 5.73 Å². The second-order valence-electron chi connectivity index (χ2n) is 3.67. The van der Waals surface area contributed by atoms with E-state index in [4.69, 9.17) is 10.8 Å². The highest BCUT2D eigenvalue weighted by Crippen LogP contribution is 2.20. The van der Waals surface area contributed by atoms with Crippen molar-refractivity contribution in [2.45, 2.75) is 12.5 Å². The highest BCUT2D eigenvalue weighted by atomic mass is 35.5. The maximum absolute atomic E-state index is 8.90. The molecule has 2 rings (SSSR count). The molecule has 0 bridgehead atoms. The molecule has 0 aliphatic rings. The SMILES string of the molecule is Cl.NC(CO)Cc1cccc(-c2ccsc2)n1. The monoisotopic (exact) mass is 270 g/mol. The minimum Gasteiger partial charge on any atom is -0.395 e. The van der Waals surface area contributed by atoms with Gasteiger partial charge in [0.25, 0.3) is 0 Å². The van der Waals surface area contributed by atoms with Crippen molar-refractivity contribution in [3.63, 3.8) is 0 Å². The molecule has 92 valence electrons. The predicted molar refractivity (Wildman–Crippen MR) is 73.6 cm³/mol. The zero-order chi connectivity index (χ0) is 11.4. The molecule has 0 saturated heterocycles. The minimum atomic E-state index is -0.231. The van der Waals surface area contributed by atoms with E-state index in [1.54, 1.807) is 11.3 Å². The third-order valence-corrected chi connectivity index (χ3v) is 3.01. The molecule has 0 aliphatic carbocycles. The summed E-state index contributed by atoms with van der Waals surface area (Å²) in [4.78, 5) is 4.52. The van der Waals surface area contributed by atoms with Gasteiger partial charge in [-0.25, -0.2) is 0 Å². The topological polar surface area (TPSA) is 59.1 Å². The highest BCUT2D eigenvalue weighted by Gasteiger charge is 2.05. The first-order valence-corrected chi connectivity index (χ1v) is 6.09. The molecular formula is C12H15ClN2OS. The molecule has 0 fully saturated rings. The quantitative estimate of drug-likeness (QED) is 0.894. The first-order valence-electron chi connectivity index (χ1n) is 5.14. The molecule has 0 amide bonds. The Kier molecular flexibility index (Phi) is 5.58. The second kappa shape index (κ2) is 6.71. The molecule has 2 aromatic heterocycles. The normalized spacial score (nSPS) is 11.9. The Morgan fingerprint density at radius 1 is 1.35 bits per heavy atom. The van der Waals surface area contributed by atoms with E-state index < -0.39 is 0 Å². The first-order chi connectivity index (χ1) is 7.79. The van der Waals surface area contributed by atoms with Crippen LogP contribution in [0.1, 0.15) is 5.69 Å². The molecule has 1 atom stereocenters. The Morgan fingerprint density at radius 2 is 2.18 bits per heavy atom. The summed E-state index contributed by atoms with van der Waals surface area (Å²) in [6.45, 7) is -0.00956. The van der Waals surface area contributed by atoms with Crippen molar-refractivity contribution in [2.75, 3.05) is 6.61 Å². The van der Waals surface area contributed by atoms with E-state index >= 15 is 0 Å². The molecular weight excluding hydrogens is 256 g/mol. The van der Waals surface area contributed by atoms with E-state index in [0.29, 0.717) is 6.42 Å². The van der Waals surface area contributed by atoms with Crippen LogP contribution in [0.2, 0.25) is 0 Å². The molecule has 0 radical (unpaired) electrons. The number of nitrogens with two attached hydrogens (primary N) is 1. The standard InChI is InChI=1S/C12H14N2OS.ClH/c13-10(7-15)6-11-2-1-3-12(14-11)9-4-5-16-8-9;/h1-5,8,10,15H,6-7,13H2;1H. The number of rotatable bonds is 4. The van der Waals surface area contributed by atoms with Crippen molar-refractivity contribution in [3.05, 3.63) is 40.7 Å². The Morgan fingerprint density at radius 3 is 2.82 bits per heavy atom. The van der Waals surface area contributed by atoms with Crippen LogP contribution in [0.3, 0.4) is 0 Å². The summed E-state index contributed by atoms with van der Waals surface area (Å²) in [6.07, 6.45) is 0.606. The van der Waals surface area contributed by atoms with E-state index in [0.717, 1.165) is 17.0 Å². The van der Waals surface area contributed by atoms with Gasteiger partial charge in [0.1, 0.15) is 0 Å². The van der Waals surface area contributed by atoms with Gasteiger partial charge >= 0.3 is 0 Å². The predicted octanol–water partition coefficient (Wildman–Crippen LogP) is 2.09. The summed E-state index contributed by atoms with van der Waals surface area (Å²) < 4.78 is 0. The van der Waals surface area contributed by atoms with E-state index in [9.17, 15) is 0 Å². The fourth-order valence-electron chi connectivity index (χ4n) is 1.50. The summed E-state index contributed by atoms with van der Waals surface area (Å²) in [5.41, 5.74) is 8.70. The van der Waals surface area contributed by atoms with E-state index in [1.807, 2.05) is 29.6 Å². The summed E-state index contributed by atoms with van der Waals surface area (Å²) >= 11 is 1.65. The van der Waals surface area contributed by atoms with Crippen LogP contribution in [0.5, 0.6) is 0 Å². The van der Waals surface area contributed by atoms with Gasteiger partial charge in [-0.05, 0) is 23.6 Å². The molecule has 5 heteroatoms. The Balaban J connectivity index is 0.00000144. The molecule has 3 N–H and O–H groups in total. The zero-order valence-electron chi connectivity index (χ0n) is 9.24. The van der Waals surface area contributed by atoms with Crippen LogP contribution >= 0.6 is 23.7 Å². The minimum absolute atomic E-state index is 0. The maximum Gasteiger partial charge on any atom is 0.0713 e. The van der Waals surface area contributed by atoms with Crippen LogP contribution in [-0.4, -0.2) is 22.7 Å². The van der Waals surface area contributed by atoms with Crippen LogP contribution < -0.4 is 5.73 Å². The summed E-state index contributed by atoms with van der Waals surface area (Å²) in [5, 5.41) is 13.0. The molecule has 3 nitrogen and oxygen atoms in total. The summed E-state index contributed by atoms with van der Waals surface area (Å²) in [7, 11) is 0. The summed E-state index contributed by atoms with van der Waals surface area (Å²) in [5.74, 6) is 0. The third-order valence-electron chi connectivity index (χ3n) is 2.33. The lowest BCUT2D eigenvalue weighted by Crippen LogP contribution is -2.27. The van der Waals surface area contributed by atoms with Crippen LogP contribution in [0.25, 0.3) is 11.3 Å². The van der Waals surface area contributed by atoms with Gasteiger partial charge in [0.05, 0.1) is 12.3 Å². The second-order valence-corrected chi connectivity index (χ2v) is 4.45. The van der Waals surface area contributed by atoms with Crippen molar-refractivity contribution in [1.29, 1.82) is 0 Å². The number of hydrogen-bond donors (Lipinski definition) is 2. The molecule has 0 spiro atoms. The molecule has 1 unspecified atom stereocenters. The number of hydrogen-bond acceptors (Lipinski definition) is 4. The average Bonchev–Trinajstić information content (AvgIpc) is 2.83. The molecule has 2 aromatic rings. The van der Waals surface area contributed by atoms with Crippen LogP contribution in [0.4, 0.5) is 0 Å². The smallest absolute Gasteiger partial charge is 0.0713 e. The van der Waals surface area contributed by atoms with Gasteiger partial charge in [-0.1, -0.05) is 6.07 Å². The summed E-state index contributed by atoms with van der Waals surface area (Å²) in [6, 6.07) is 7.70. The van der Waals surface area contributed by atoms with E-state index in [1.165, 1.54) is 0 Å². The van der Waals surface area contributed by atoms with Gasteiger partial charge < -0.3 is 10.8 Å². The number of nitrogens with zero attached hydrogens (tertiary/aromatic N) is 1. The van der Waals surface area contributed by atoms with Crippen molar-refractivity contribution < 1.29 is 5.11 Å². The lowest BCUT2D eigenvalue weighted by Gasteiger charge is -2.08. The Bertz CT molecular complexity index is 448. The molecule has 0 saturated carbocycles. The lowest BCUT2D eigenvalue weighted by atomic mass is 10.1. The largest absolute Gasteiger partial charge is 0.395 e. The molecule has 17 heavy (non-hydrogen) atoms. The fourth-order valence-corrected chi connectivity index (χ4v) is 2.15. The van der Waals surface area contributed by atoms with Gasteiger partial charge in [-0.15, -0.1) is 12.4 Å². The average molecular weight is 271 g/mol. The van der Waals surface area contributed by atoms with Gasteiger partial charge in [-0.2, -0.15) is 11.3 Å². The number of halogens is 1. The first kappa shape index (κ1) is 14.1. The van der Waals surface area contributed by atoms with Crippen molar-refractivity contribution >= 4 is 23.7 Å². The number of pyridine rings is 1. The van der Waals surface area contributed by atoms with Crippen molar-refractivity contribution in [3.8, 4) is 11.3 Å². The fraction of sp³-hybridized carbons (Fsp3) is 0.250. The number of aliphatic hydroxyl groups is 1. The number of aromatic nitrogens is 1. The van der Waals surface area contributed by atoms with Gasteiger partial charge in [0.15, 0.2) is 0 Å². The van der Waals surface area contributed by atoms with Gasteiger partial charge in [-0.3, -0.25) is 4.98 Å². The number of thiophene rings is 1. The van der Waals surface area contributed by atoms with Gasteiger partial charge in [0.2, 0.25) is 0 Å². The van der Waals surface area contributed by atoms with E-state index in [-0.39, 0.29) is 25.1 Å². The lowest BCUT2D eigenvalue weighted by molar-refractivity contribution is 0.264. The highest BCUT2D eigenvalue weighted by molar-refractivity contribution is 7.08. The third kappa shape index (κ3) is 3.78. The molecule has 0 aliphatic heterocycles. The van der Waals surface area contributed by atoms with Gasteiger partial charge in [0, 0.05) is 29.1 Å². The Labute approximate surface area is 111 Å². The molecule has 2 heterocycles. The van der Waals surface area contributed by atoms with E-state index in [2.05, 4.69) is 10.4 Å². The zero-order valence-corrected chi connectivity index (χ0v) is 10.9.